The van der Waals surface area contributed by atoms with E-state index in [-0.39, 0.29) is 5.91 Å². The molecule has 4 rings (SSSR count). The molecule has 0 unspecified atom stereocenters. The summed E-state index contributed by atoms with van der Waals surface area (Å²) in [5.74, 6) is 0.684. The summed E-state index contributed by atoms with van der Waals surface area (Å²) in [4.78, 5) is 26.9. The molecule has 2 heterocycles. The molecule has 2 aromatic carbocycles. The predicted octanol–water partition coefficient (Wildman–Crippen LogP) is 5.21. The lowest BCUT2D eigenvalue weighted by Crippen LogP contribution is -2.38. The molecule has 0 fully saturated rings. The summed E-state index contributed by atoms with van der Waals surface area (Å²) in [6.45, 7) is 9.58. The van der Waals surface area contributed by atoms with E-state index in [2.05, 4.69) is 30.7 Å². The Morgan fingerprint density at radius 1 is 1.13 bits per heavy atom. The molecule has 31 heavy (non-hydrogen) atoms. The van der Waals surface area contributed by atoms with Gasteiger partial charge in [0.2, 0.25) is 0 Å². The Morgan fingerprint density at radius 3 is 2.68 bits per heavy atom. The number of thiazole rings is 2. The number of carbonyl (C=O) groups excluding carboxylic acids is 1. The molecule has 162 valence electrons. The lowest BCUT2D eigenvalue weighted by atomic mass is 10.2. The van der Waals surface area contributed by atoms with E-state index in [1.165, 1.54) is 0 Å². The maximum Gasteiger partial charge on any atom is 0.260 e. The second-order valence-corrected chi connectivity index (χ2v) is 9.14. The third-order valence-electron chi connectivity index (χ3n) is 5.50. The van der Waals surface area contributed by atoms with E-state index >= 15 is 0 Å². The molecular formula is C23H26N4O2S2. The fraction of sp³-hybridized carbons (Fsp3) is 0.348. The smallest absolute Gasteiger partial charge is 0.260 e. The average Bonchev–Trinajstić information content (AvgIpc) is 3.44. The van der Waals surface area contributed by atoms with Crippen LogP contribution in [0.5, 0.6) is 5.75 Å². The number of carbonyl (C=O) groups is 1. The monoisotopic (exact) mass is 454 g/mol. The maximum atomic E-state index is 13.6. The molecule has 0 radical (unpaired) electrons. The summed E-state index contributed by atoms with van der Waals surface area (Å²) >= 11 is 3.09. The standard InChI is InChI=1S/C23H26N4O2S2/c1-5-26(6-2)11-12-27(22(28)16-8-9-17-19(13-16)30-14-24-17)23-25-20-18(29-4)10-7-15(3)21(20)31-23/h7-10,13-14H,5-6,11-12H2,1-4H3. The summed E-state index contributed by atoms with van der Waals surface area (Å²) in [5.41, 5.74) is 5.30. The van der Waals surface area contributed by atoms with Crippen molar-refractivity contribution in [1.82, 2.24) is 14.9 Å². The van der Waals surface area contributed by atoms with E-state index in [9.17, 15) is 4.79 Å². The quantitative estimate of drug-likeness (QED) is 0.366. The SMILES string of the molecule is CCN(CC)CCN(C(=O)c1ccc2ncsc2c1)c1nc2c(OC)ccc(C)c2s1. The van der Waals surface area contributed by atoms with Gasteiger partial charge in [-0.25, -0.2) is 9.97 Å². The molecule has 4 aromatic rings. The van der Waals surface area contributed by atoms with Gasteiger partial charge in [0.25, 0.3) is 5.91 Å². The van der Waals surface area contributed by atoms with Crippen LogP contribution in [0.2, 0.25) is 0 Å². The summed E-state index contributed by atoms with van der Waals surface area (Å²) in [7, 11) is 1.65. The van der Waals surface area contributed by atoms with Crippen LogP contribution in [0.3, 0.4) is 0 Å². The van der Waals surface area contributed by atoms with Crippen LogP contribution in [0.1, 0.15) is 29.8 Å². The first-order chi connectivity index (χ1) is 15.0. The number of nitrogens with zero attached hydrogens (tertiary/aromatic N) is 4. The minimum atomic E-state index is -0.0434. The van der Waals surface area contributed by atoms with E-state index in [1.807, 2.05) is 35.2 Å². The Hall–Kier alpha value is -2.55. The third kappa shape index (κ3) is 4.28. The molecule has 8 heteroatoms. The topological polar surface area (TPSA) is 58.6 Å². The molecular weight excluding hydrogens is 428 g/mol. The van der Waals surface area contributed by atoms with Gasteiger partial charge in [-0.2, -0.15) is 0 Å². The number of hydrogen-bond acceptors (Lipinski definition) is 7. The molecule has 1 amide bonds. The highest BCUT2D eigenvalue weighted by molar-refractivity contribution is 7.22. The molecule has 6 nitrogen and oxygen atoms in total. The van der Waals surface area contributed by atoms with E-state index < -0.39 is 0 Å². The van der Waals surface area contributed by atoms with Gasteiger partial charge in [0, 0.05) is 18.7 Å². The first-order valence-electron chi connectivity index (χ1n) is 10.4. The number of aromatic nitrogens is 2. The van der Waals surface area contributed by atoms with Crippen LogP contribution >= 0.6 is 22.7 Å². The number of ether oxygens (including phenoxy) is 1. The van der Waals surface area contributed by atoms with Crippen molar-refractivity contribution in [3.8, 4) is 5.75 Å². The fourth-order valence-corrected chi connectivity index (χ4v) is 5.38. The Kier molecular flexibility index (Phi) is 6.50. The minimum absolute atomic E-state index is 0.0434. The van der Waals surface area contributed by atoms with Gasteiger partial charge in [-0.1, -0.05) is 31.3 Å². The Morgan fingerprint density at radius 2 is 1.94 bits per heavy atom. The number of amides is 1. The molecule has 2 aromatic heterocycles. The summed E-state index contributed by atoms with van der Waals surface area (Å²) in [6.07, 6.45) is 0. The predicted molar refractivity (Wildman–Crippen MR) is 130 cm³/mol. The summed E-state index contributed by atoms with van der Waals surface area (Å²) < 4.78 is 7.58. The first-order valence-corrected chi connectivity index (χ1v) is 12.1. The summed E-state index contributed by atoms with van der Waals surface area (Å²) in [6, 6.07) is 9.66. The zero-order chi connectivity index (χ0) is 22.0. The maximum absolute atomic E-state index is 13.6. The second-order valence-electron chi connectivity index (χ2n) is 7.28. The second kappa shape index (κ2) is 9.30. The Balaban J connectivity index is 1.75. The number of likely N-dealkylation sites (N-methyl/N-ethyl adjacent to an activating group) is 1. The molecule has 0 N–H and O–H groups in total. The van der Waals surface area contributed by atoms with Crippen molar-refractivity contribution in [2.75, 3.05) is 38.2 Å². The van der Waals surface area contributed by atoms with E-state index in [1.54, 1.807) is 35.3 Å². The van der Waals surface area contributed by atoms with Crippen LogP contribution in [-0.4, -0.2) is 54.1 Å². The number of fused-ring (bicyclic) bond motifs is 2. The number of methoxy groups -OCH3 is 1. The molecule has 0 aliphatic carbocycles. The number of aryl methyl sites for hydroxylation is 1. The number of anilines is 1. The number of benzene rings is 2. The largest absolute Gasteiger partial charge is 0.494 e. The van der Waals surface area contributed by atoms with Crippen LogP contribution in [0.15, 0.2) is 35.8 Å². The van der Waals surface area contributed by atoms with Gasteiger partial charge in [0.15, 0.2) is 5.13 Å². The highest BCUT2D eigenvalue weighted by Gasteiger charge is 2.23. The molecule has 0 spiro atoms. The van der Waals surface area contributed by atoms with E-state index in [0.717, 1.165) is 51.4 Å². The number of rotatable bonds is 8. The van der Waals surface area contributed by atoms with Gasteiger partial charge in [-0.05, 0) is 49.8 Å². The molecule has 0 saturated carbocycles. The zero-order valence-electron chi connectivity index (χ0n) is 18.2. The van der Waals surface area contributed by atoms with Gasteiger partial charge in [0.1, 0.15) is 11.3 Å². The van der Waals surface area contributed by atoms with Crippen molar-refractivity contribution < 1.29 is 9.53 Å². The van der Waals surface area contributed by atoms with Crippen molar-refractivity contribution in [3.63, 3.8) is 0 Å². The molecule has 0 aliphatic rings. The van der Waals surface area contributed by atoms with E-state index in [4.69, 9.17) is 9.72 Å². The van der Waals surface area contributed by atoms with Crippen molar-refractivity contribution in [2.24, 2.45) is 0 Å². The zero-order valence-corrected chi connectivity index (χ0v) is 19.8. The van der Waals surface area contributed by atoms with Crippen molar-refractivity contribution in [1.29, 1.82) is 0 Å². The highest BCUT2D eigenvalue weighted by Crippen LogP contribution is 2.37. The lowest BCUT2D eigenvalue weighted by Gasteiger charge is -2.24. The molecule has 0 bridgehead atoms. The summed E-state index contributed by atoms with van der Waals surface area (Å²) in [5, 5.41) is 0.698. The normalized spacial score (nSPS) is 11.5. The van der Waals surface area contributed by atoms with Gasteiger partial charge in [-0.15, -0.1) is 11.3 Å². The molecule has 0 saturated heterocycles. The van der Waals surface area contributed by atoms with Crippen molar-refractivity contribution in [2.45, 2.75) is 20.8 Å². The van der Waals surface area contributed by atoms with Crippen molar-refractivity contribution >= 4 is 54.1 Å². The minimum Gasteiger partial charge on any atom is -0.494 e. The van der Waals surface area contributed by atoms with E-state index in [0.29, 0.717) is 17.2 Å². The van der Waals surface area contributed by atoms with Gasteiger partial charge >= 0.3 is 0 Å². The van der Waals surface area contributed by atoms with Crippen LogP contribution in [-0.2, 0) is 0 Å². The average molecular weight is 455 g/mol. The Labute approximate surface area is 190 Å². The number of hydrogen-bond donors (Lipinski definition) is 0. The lowest BCUT2D eigenvalue weighted by molar-refractivity contribution is 0.0984. The van der Waals surface area contributed by atoms with Gasteiger partial charge in [-0.3, -0.25) is 9.69 Å². The van der Waals surface area contributed by atoms with Gasteiger partial charge < -0.3 is 9.64 Å². The van der Waals surface area contributed by atoms with Crippen LogP contribution in [0, 0.1) is 6.92 Å². The van der Waals surface area contributed by atoms with Crippen molar-refractivity contribution in [3.05, 3.63) is 47.0 Å². The van der Waals surface area contributed by atoms with Crippen LogP contribution in [0.25, 0.3) is 20.4 Å². The molecule has 0 atom stereocenters. The fourth-order valence-electron chi connectivity index (χ4n) is 3.59. The highest BCUT2D eigenvalue weighted by atomic mass is 32.1. The van der Waals surface area contributed by atoms with Crippen LogP contribution in [0.4, 0.5) is 5.13 Å². The van der Waals surface area contributed by atoms with Crippen LogP contribution < -0.4 is 9.64 Å². The Bertz CT molecular complexity index is 1210. The third-order valence-corrected chi connectivity index (χ3v) is 7.51. The first kappa shape index (κ1) is 21.7. The van der Waals surface area contributed by atoms with Gasteiger partial charge in [0.05, 0.1) is 27.5 Å². The molecule has 0 aliphatic heterocycles.